The molecule has 0 aliphatic carbocycles. The van der Waals surface area contributed by atoms with Crippen LogP contribution in [0.25, 0.3) is 0 Å². The van der Waals surface area contributed by atoms with Crippen LogP contribution in [0.4, 0.5) is 0 Å². The summed E-state index contributed by atoms with van der Waals surface area (Å²) in [6, 6.07) is 11.4. The van der Waals surface area contributed by atoms with E-state index in [9.17, 15) is 4.79 Å². The van der Waals surface area contributed by atoms with Gasteiger partial charge >= 0.3 is 0 Å². The standard InChI is InChI=1S/C16H24N2O/c1-4-16(19)17-10-13(2)18(14(3)11-17)12-15-8-6-5-7-9-15/h5-9,13-14H,4,10-12H2,1-3H3. The summed E-state index contributed by atoms with van der Waals surface area (Å²) in [7, 11) is 0. The second kappa shape index (κ2) is 6.20. The van der Waals surface area contributed by atoms with Crippen molar-refractivity contribution in [2.75, 3.05) is 13.1 Å². The number of carbonyl (C=O) groups excluding carboxylic acids is 1. The SMILES string of the molecule is CCC(=O)N1CC(C)N(Cc2ccccc2)C(C)C1. The van der Waals surface area contributed by atoms with E-state index in [0.29, 0.717) is 18.5 Å². The van der Waals surface area contributed by atoms with E-state index in [1.165, 1.54) is 5.56 Å². The topological polar surface area (TPSA) is 23.6 Å². The molecule has 1 saturated heterocycles. The molecule has 0 N–H and O–H groups in total. The number of hydrogen-bond acceptors (Lipinski definition) is 2. The maximum Gasteiger partial charge on any atom is 0.222 e. The molecule has 1 heterocycles. The van der Waals surface area contributed by atoms with E-state index in [2.05, 4.69) is 43.0 Å². The van der Waals surface area contributed by atoms with Gasteiger partial charge in [-0.25, -0.2) is 0 Å². The molecule has 0 aromatic heterocycles. The summed E-state index contributed by atoms with van der Waals surface area (Å²) < 4.78 is 0. The minimum Gasteiger partial charge on any atom is -0.340 e. The smallest absolute Gasteiger partial charge is 0.222 e. The third kappa shape index (κ3) is 3.35. The fraction of sp³-hybridized carbons (Fsp3) is 0.562. The highest BCUT2D eigenvalue weighted by Crippen LogP contribution is 2.19. The first-order chi connectivity index (χ1) is 9.11. The number of piperazine rings is 1. The molecular formula is C16H24N2O. The van der Waals surface area contributed by atoms with Gasteiger partial charge in [0.15, 0.2) is 0 Å². The molecule has 19 heavy (non-hydrogen) atoms. The summed E-state index contributed by atoms with van der Waals surface area (Å²) >= 11 is 0. The molecule has 2 rings (SSSR count). The van der Waals surface area contributed by atoms with Crippen molar-refractivity contribution in [1.82, 2.24) is 9.80 Å². The summed E-state index contributed by atoms with van der Waals surface area (Å²) in [4.78, 5) is 16.3. The predicted octanol–water partition coefficient (Wildman–Crippen LogP) is 2.52. The van der Waals surface area contributed by atoms with Gasteiger partial charge in [0.2, 0.25) is 5.91 Å². The van der Waals surface area contributed by atoms with Crippen LogP contribution >= 0.6 is 0 Å². The van der Waals surface area contributed by atoms with E-state index < -0.39 is 0 Å². The Bertz CT molecular complexity index is 406. The van der Waals surface area contributed by atoms with Crippen molar-refractivity contribution in [3.8, 4) is 0 Å². The number of nitrogens with zero attached hydrogens (tertiary/aromatic N) is 2. The summed E-state index contributed by atoms with van der Waals surface area (Å²) in [5, 5.41) is 0. The van der Waals surface area contributed by atoms with Crippen molar-refractivity contribution >= 4 is 5.91 Å². The van der Waals surface area contributed by atoms with Gasteiger partial charge in [-0.3, -0.25) is 9.69 Å². The minimum atomic E-state index is 0.276. The minimum absolute atomic E-state index is 0.276. The Morgan fingerprint density at radius 2 is 1.74 bits per heavy atom. The molecule has 3 heteroatoms. The van der Waals surface area contributed by atoms with Crippen LogP contribution in [-0.2, 0) is 11.3 Å². The van der Waals surface area contributed by atoms with Gasteiger partial charge in [-0.1, -0.05) is 37.3 Å². The van der Waals surface area contributed by atoms with Gasteiger partial charge in [0.05, 0.1) is 0 Å². The molecular weight excluding hydrogens is 236 g/mol. The van der Waals surface area contributed by atoms with Crippen LogP contribution in [0.3, 0.4) is 0 Å². The zero-order valence-electron chi connectivity index (χ0n) is 12.2. The Morgan fingerprint density at radius 3 is 2.26 bits per heavy atom. The van der Waals surface area contributed by atoms with Crippen LogP contribution in [0.15, 0.2) is 30.3 Å². The maximum absolute atomic E-state index is 11.8. The van der Waals surface area contributed by atoms with Crippen LogP contribution in [0, 0.1) is 0 Å². The first-order valence-corrected chi connectivity index (χ1v) is 7.19. The molecule has 0 radical (unpaired) electrons. The summed E-state index contributed by atoms with van der Waals surface area (Å²) in [5.41, 5.74) is 1.34. The zero-order chi connectivity index (χ0) is 13.8. The van der Waals surface area contributed by atoms with Crippen molar-refractivity contribution in [3.05, 3.63) is 35.9 Å². The van der Waals surface area contributed by atoms with Crippen LogP contribution in [-0.4, -0.2) is 40.9 Å². The average molecular weight is 260 g/mol. The van der Waals surface area contributed by atoms with Crippen LogP contribution in [0.1, 0.15) is 32.8 Å². The predicted molar refractivity (Wildman–Crippen MR) is 77.8 cm³/mol. The first-order valence-electron chi connectivity index (χ1n) is 7.19. The molecule has 0 saturated carbocycles. The molecule has 2 atom stereocenters. The normalized spacial score (nSPS) is 24.5. The van der Waals surface area contributed by atoms with Gasteiger partial charge < -0.3 is 4.90 Å². The Kier molecular flexibility index (Phi) is 4.59. The van der Waals surface area contributed by atoms with E-state index in [1.807, 2.05) is 17.9 Å². The zero-order valence-corrected chi connectivity index (χ0v) is 12.2. The van der Waals surface area contributed by atoms with Crippen molar-refractivity contribution in [1.29, 1.82) is 0 Å². The van der Waals surface area contributed by atoms with Gasteiger partial charge in [-0.2, -0.15) is 0 Å². The molecule has 0 spiro atoms. The van der Waals surface area contributed by atoms with E-state index >= 15 is 0 Å². The van der Waals surface area contributed by atoms with Crippen LogP contribution in [0.5, 0.6) is 0 Å². The highest BCUT2D eigenvalue weighted by Gasteiger charge is 2.30. The van der Waals surface area contributed by atoms with E-state index in [-0.39, 0.29) is 5.91 Å². The van der Waals surface area contributed by atoms with Crippen molar-refractivity contribution in [2.24, 2.45) is 0 Å². The molecule has 0 bridgehead atoms. The Balaban J connectivity index is 2.02. The molecule has 3 nitrogen and oxygen atoms in total. The number of hydrogen-bond donors (Lipinski definition) is 0. The van der Waals surface area contributed by atoms with Gasteiger partial charge in [0.25, 0.3) is 0 Å². The Labute approximate surface area is 116 Å². The molecule has 1 fully saturated rings. The maximum atomic E-state index is 11.8. The Morgan fingerprint density at radius 1 is 1.16 bits per heavy atom. The number of carbonyl (C=O) groups is 1. The third-order valence-electron chi connectivity index (χ3n) is 3.96. The quantitative estimate of drug-likeness (QED) is 0.833. The molecule has 1 aliphatic heterocycles. The van der Waals surface area contributed by atoms with E-state index in [0.717, 1.165) is 19.6 Å². The molecule has 1 aliphatic rings. The Hall–Kier alpha value is -1.35. The van der Waals surface area contributed by atoms with Gasteiger partial charge in [-0.15, -0.1) is 0 Å². The van der Waals surface area contributed by atoms with Gasteiger partial charge in [-0.05, 0) is 19.4 Å². The number of amides is 1. The second-order valence-electron chi connectivity index (χ2n) is 5.51. The van der Waals surface area contributed by atoms with E-state index in [1.54, 1.807) is 0 Å². The third-order valence-corrected chi connectivity index (χ3v) is 3.96. The van der Waals surface area contributed by atoms with Gasteiger partial charge in [0.1, 0.15) is 0 Å². The fourth-order valence-electron chi connectivity index (χ4n) is 2.89. The monoisotopic (exact) mass is 260 g/mol. The lowest BCUT2D eigenvalue weighted by Gasteiger charge is -2.44. The lowest BCUT2D eigenvalue weighted by Crippen LogP contribution is -2.57. The first kappa shape index (κ1) is 14.1. The van der Waals surface area contributed by atoms with E-state index in [4.69, 9.17) is 0 Å². The summed E-state index contributed by atoms with van der Waals surface area (Å²) in [5.74, 6) is 0.276. The molecule has 1 amide bonds. The molecule has 1 aromatic carbocycles. The van der Waals surface area contributed by atoms with Crippen molar-refractivity contribution < 1.29 is 4.79 Å². The molecule has 1 aromatic rings. The largest absolute Gasteiger partial charge is 0.340 e. The van der Waals surface area contributed by atoms with Crippen molar-refractivity contribution in [2.45, 2.75) is 45.8 Å². The molecule has 2 unspecified atom stereocenters. The summed E-state index contributed by atoms with van der Waals surface area (Å²) in [6.45, 7) is 9.04. The van der Waals surface area contributed by atoms with Crippen LogP contribution < -0.4 is 0 Å². The average Bonchev–Trinajstić information content (AvgIpc) is 2.43. The second-order valence-corrected chi connectivity index (χ2v) is 5.51. The fourth-order valence-corrected chi connectivity index (χ4v) is 2.89. The lowest BCUT2D eigenvalue weighted by molar-refractivity contribution is -0.135. The number of benzene rings is 1. The lowest BCUT2D eigenvalue weighted by atomic mass is 10.1. The number of rotatable bonds is 3. The van der Waals surface area contributed by atoms with Crippen LogP contribution in [0.2, 0.25) is 0 Å². The highest BCUT2D eigenvalue weighted by atomic mass is 16.2. The van der Waals surface area contributed by atoms with Crippen molar-refractivity contribution in [3.63, 3.8) is 0 Å². The highest BCUT2D eigenvalue weighted by molar-refractivity contribution is 5.76. The summed E-state index contributed by atoms with van der Waals surface area (Å²) in [6.07, 6.45) is 0.609. The molecule has 104 valence electrons. The van der Waals surface area contributed by atoms with Gasteiger partial charge in [0, 0.05) is 38.1 Å².